The van der Waals surface area contributed by atoms with Gasteiger partial charge < -0.3 is 10.2 Å². The molecule has 0 saturated heterocycles. The number of carbonyl (C=O) groups excluding carboxylic acids is 1. The number of likely N-dealkylation sites (N-methyl/N-ethyl adjacent to an activating group) is 2. The summed E-state index contributed by atoms with van der Waals surface area (Å²) < 4.78 is 1.31. The summed E-state index contributed by atoms with van der Waals surface area (Å²) in [5.41, 5.74) is 1.01. The van der Waals surface area contributed by atoms with Crippen molar-refractivity contribution >= 4 is 18.3 Å². The molecule has 0 bridgehead atoms. The van der Waals surface area contributed by atoms with Crippen LogP contribution in [-0.4, -0.2) is 47.8 Å². The molecule has 0 aliphatic rings. The zero-order valence-electron chi connectivity index (χ0n) is 13.2. The molecule has 1 heterocycles. The lowest BCUT2D eigenvalue weighted by atomic mass is 10.2. The minimum atomic E-state index is -0.224. The van der Waals surface area contributed by atoms with Crippen molar-refractivity contribution in [2.75, 3.05) is 27.2 Å². The van der Waals surface area contributed by atoms with Gasteiger partial charge >= 0.3 is 0 Å². The van der Waals surface area contributed by atoms with Crippen LogP contribution in [0.15, 0.2) is 47.3 Å². The van der Waals surface area contributed by atoms with Gasteiger partial charge in [0.05, 0.1) is 6.54 Å². The maximum atomic E-state index is 12.3. The van der Waals surface area contributed by atoms with Crippen molar-refractivity contribution in [1.29, 1.82) is 0 Å². The fraction of sp³-hybridized carbons (Fsp3) is 0.312. The Bertz CT molecular complexity index is 688. The van der Waals surface area contributed by atoms with E-state index in [-0.39, 0.29) is 29.6 Å². The number of nitrogens with one attached hydrogen (secondary N) is 1. The first-order valence-electron chi connectivity index (χ1n) is 7.14. The van der Waals surface area contributed by atoms with Crippen LogP contribution in [-0.2, 0) is 6.54 Å². The Morgan fingerprint density at radius 1 is 1.22 bits per heavy atom. The van der Waals surface area contributed by atoms with E-state index in [1.54, 1.807) is 11.9 Å². The van der Waals surface area contributed by atoms with Gasteiger partial charge in [-0.2, -0.15) is 5.10 Å². The first kappa shape index (κ1) is 18.9. The van der Waals surface area contributed by atoms with Gasteiger partial charge in [-0.05, 0) is 18.7 Å². The van der Waals surface area contributed by atoms with Crippen LogP contribution >= 0.6 is 12.4 Å². The van der Waals surface area contributed by atoms with Crippen LogP contribution in [0.4, 0.5) is 0 Å². The molecule has 0 atom stereocenters. The largest absolute Gasteiger partial charge is 0.339 e. The van der Waals surface area contributed by atoms with Crippen molar-refractivity contribution in [3.8, 4) is 0 Å². The summed E-state index contributed by atoms with van der Waals surface area (Å²) in [5.74, 6) is -0.197. The Kier molecular flexibility index (Phi) is 7.44. The van der Waals surface area contributed by atoms with E-state index in [4.69, 9.17) is 0 Å². The Morgan fingerprint density at radius 3 is 2.57 bits per heavy atom. The second kappa shape index (κ2) is 9.07. The lowest BCUT2D eigenvalue weighted by Crippen LogP contribution is -2.35. The van der Waals surface area contributed by atoms with Gasteiger partial charge in [-0.15, -0.1) is 12.4 Å². The number of rotatable bonds is 6. The number of hydrogen-bond acceptors (Lipinski definition) is 4. The fourth-order valence-corrected chi connectivity index (χ4v) is 2.01. The summed E-state index contributed by atoms with van der Waals surface area (Å²) in [7, 11) is 3.55. The van der Waals surface area contributed by atoms with Gasteiger partial charge in [-0.3, -0.25) is 9.59 Å². The molecule has 0 radical (unpaired) electrons. The molecule has 1 N–H and O–H groups in total. The predicted octanol–water partition coefficient (Wildman–Crippen LogP) is 1.00. The summed E-state index contributed by atoms with van der Waals surface area (Å²) in [5, 5.41) is 7.18. The monoisotopic (exact) mass is 336 g/mol. The molecule has 7 heteroatoms. The van der Waals surface area contributed by atoms with E-state index in [1.807, 2.05) is 37.4 Å². The van der Waals surface area contributed by atoms with Crippen LogP contribution in [0.2, 0.25) is 0 Å². The summed E-state index contributed by atoms with van der Waals surface area (Å²) in [6, 6.07) is 12.4. The average Bonchev–Trinajstić information content (AvgIpc) is 2.55. The summed E-state index contributed by atoms with van der Waals surface area (Å²) >= 11 is 0. The number of hydrogen-bond donors (Lipinski definition) is 1. The number of aromatic nitrogens is 2. The SMILES string of the molecule is CNCCN(C)C(=O)c1ccc(=O)n(Cc2ccccc2)n1.Cl. The highest BCUT2D eigenvalue weighted by molar-refractivity contribution is 5.91. The highest BCUT2D eigenvalue weighted by Gasteiger charge is 2.14. The summed E-state index contributed by atoms with van der Waals surface area (Å²) in [4.78, 5) is 25.8. The average molecular weight is 337 g/mol. The molecule has 2 rings (SSSR count). The number of halogens is 1. The molecular weight excluding hydrogens is 316 g/mol. The molecule has 0 unspecified atom stereocenters. The van der Waals surface area contributed by atoms with Gasteiger partial charge in [0.15, 0.2) is 0 Å². The van der Waals surface area contributed by atoms with E-state index in [1.165, 1.54) is 16.8 Å². The lowest BCUT2D eigenvalue weighted by molar-refractivity contribution is 0.0788. The normalized spacial score (nSPS) is 10.0. The second-order valence-electron chi connectivity index (χ2n) is 5.03. The third-order valence-corrected chi connectivity index (χ3v) is 3.30. The highest BCUT2D eigenvalue weighted by atomic mass is 35.5. The van der Waals surface area contributed by atoms with Crippen molar-refractivity contribution in [3.63, 3.8) is 0 Å². The van der Waals surface area contributed by atoms with Crippen molar-refractivity contribution in [2.45, 2.75) is 6.54 Å². The maximum Gasteiger partial charge on any atom is 0.274 e. The molecule has 1 aromatic heterocycles. The van der Waals surface area contributed by atoms with Gasteiger partial charge in [0.1, 0.15) is 5.69 Å². The van der Waals surface area contributed by atoms with Gasteiger partial charge in [-0.1, -0.05) is 30.3 Å². The minimum Gasteiger partial charge on any atom is -0.339 e. The van der Waals surface area contributed by atoms with Crippen LogP contribution in [0.3, 0.4) is 0 Å². The van der Waals surface area contributed by atoms with E-state index < -0.39 is 0 Å². The van der Waals surface area contributed by atoms with Crippen LogP contribution < -0.4 is 10.9 Å². The van der Waals surface area contributed by atoms with Gasteiger partial charge in [0.25, 0.3) is 11.5 Å². The van der Waals surface area contributed by atoms with Crippen molar-refractivity contribution < 1.29 is 4.79 Å². The number of amides is 1. The Balaban J connectivity index is 0.00000264. The molecule has 1 aromatic carbocycles. The molecule has 124 valence electrons. The summed E-state index contributed by atoms with van der Waals surface area (Å²) in [6.07, 6.45) is 0. The number of benzene rings is 1. The zero-order chi connectivity index (χ0) is 15.9. The first-order chi connectivity index (χ1) is 10.6. The maximum absolute atomic E-state index is 12.3. The van der Waals surface area contributed by atoms with Crippen LogP contribution in [0.25, 0.3) is 0 Å². The van der Waals surface area contributed by atoms with Crippen LogP contribution in [0.5, 0.6) is 0 Å². The van der Waals surface area contributed by atoms with Crippen LogP contribution in [0.1, 0.15) is 16.1 Å². The standard InChI is InChI=1S/C16H20N4O2.ClH/c1-17-10-11-19(2)16(22)14-8-9-15(21)20(18-14)12-13-6-4-3-5-7-13;/h3-9,17H,10-12H2,1-2H3;1H. The van der Waals surface area contributed by atoms with E-state index >= 15 is 0 Å². The van der Waals surface area contributed by atoms with Crippen molar-refractivity contribution in [3.05, 3.63) is 64.1 Å². The lowest BCUT2D eigenvalue weighted by Gasteiger charge is -2.16. The molecular formula is C16H21ClN4O2. The predicted molar refractivity (Wildman–Crippen MR) is 92.2 cm³/mol. The smallest absolute Gasteiger partial charge is 0.274 e. The third-order valence-electron chi connectivity index (χ3n) is 3.30. The van der Waals surface area contributed by atoms with E-state index in [2.05, 4.69) is 10.4 Å². The Morgan fingerprint density at radius 2 is 1.91 bits per heavy atom. The molecule has 2 aromatic rings. The van der Waals surface area contributed by atoms with Crippen molar-refractivity contribution in [2.24, 2.45) is 0 Å². The summed E-state index contributed by atoms with van der Waals surface area (Å²) in [6.45, 7) is 1.63. The second-order valence-corrected chi connectivity index (χ2v) is 5.03. The van der Waals surface area contributed by atoms with Crippen molar-refractivity contribution in [1.82, 2.24) is 20.0 Å². The Labute approximate surface area is 141 Å². The van der Waals surface area contributed by atoms with E-state index in [9.17, 15) is 9.59 Å². The van der Waals surface area contributed by atoms with E-state index in [0.29, 0.717) is 19.6 Å². The molecule has 0 fully saturated rings. The first-order valence-corrected chi connectivity index (χ1v) is 7.14. The molecule has 23 heavy (non-hydrogen) atoms. The van der Waals surface area contributed by atoms with Gasteiger partial charge in [0, 0.05) is 26.2 Å². The Hall–Kier alpha value is -2.18. The van der Waals surface area contributed by atoms with E-state index in [0.717, 1.165) is 5.56 Å². The molecule has 1 amide bonds. The molecule has 0 aliphatic heterocycles. The quantitative estimate of drug-likeness (QED) is 0.854. The van der Waals surface area contributed by atoms with Crippen LogP contribution in [0, 0.1) is 0 Å². The minimum absolute atomic E-state index is 0. The van der Waals surface area contributed by atoms with Gasteiger partial charge in [0.2, 0.25) is 0 Å². The molecule has 0 aliphatic carbocycles. The topological polar surface area (TPSA) is 67.2 Å². The number of carbonyl (C=O) groups is 1. The van der Waals surface area contributed by atoms with Gasteiger partial charge in [-0.25, -0.2) is 4.68 Å². The molecule has 0 spiro atoms. The molecule has 6 nitrogen and oxygen atoms in total. The fourth-order valence-electron chi connectivity index (χ4n) is 2.01. The highest BCUT2D eigenvalue weighted by Crippen LogP contribution is 2.01. The number of nitrogens with zero attached hydrogens (tertiary/aromatic N) is 3. The third kappa shape index (κ3) is 5.19. The molecule has 0 saturated carbocycles. The zero-order valence-corrected chi connectivity index (χ0v) is 14.0.